The number of Topliss-reactive ketones (excluding diaryl/α,β-unsaturated/α-hetero) is 1. The smallest absolute Gasteiger partial charge is 0.255 e. The van der Waals surface area contributed by atoms with Gasteiger partial charge >= 0.3 is 0 Å². The molecule has 0 atom stereocenters. The Kier molecular flexibility index (Phi) is 6.17. The fraction of sp³-hybridized carbons (Fsp3) is 0.300. The van der Waals surface area contributed by atoms with E-state index in [2.05, 4.69) is 5.32 Å². The average molecular weight is 421 g/mol. The maximum absolute atomic E-state index is 12.9. The fourth-order valence-corrected chi connectivity index (χ4v) is 5.20. The Hall–Kier alpha value is -2.22. The molecule has 0 saturated carbocycles. The largest absolute Gasteiger partial charge is 0.321 e. The molecule has 0 unspecified atom stereocenters. The van der Waals surface area contributed by atoms with Gasteiger partial charge in [0, 0.05) is 24.2 Å². The van der Waals surface area contributed by atoms with E-state index in [9.17, 15) is 18.0 Å². The SMILES string of the molecule is CC(=O)c1ccccc1NC(=O)c1ccc(Cl)c(S(=O)(=O)N2CCCCC2)c1. The number of hydrogen-bond donors (Lipinski definition) is 1. The maximum Gasteiger partial charge on any atom is 0.255 e. The molecule has 0 aromatic heterocycles. The predicted molar refractivity (Wildman–Crippen MR) is 108 cm³/mol. The topological polar surface area (TPSA) is 83.5 Å². The number of hydrogen-bond acceptors (Lipinski definition) is 4. The molecule has 2 aromatic rings. The molecule has 0 radical (unpaired) electrons. The van der Waals surface area contributed by atoms with Crippen molar-refractivity contribution in [2.24, 2.45) is 0 Å². The van der Waals surface area contributed by atoms with E-state index in [4.69, 9.17) is 11.6 Å². The Bertz CT molecular complexity index is 1010. The van der Waals surface area contributed by atoms with Gasteiger partial charge in [-0.1, -0.05) is 30.2 Å². The van der Waals surface area contributed by atoms with Crippen LogP contribution < -0.4 is 5.32 Å². The van der Waals surface area contributed by atoms with E-state index in [1.54, 1.807) is 24.3 Å². The lowest BCUT2D eigenvalue weighted by atomic mass is 10.1. The molecular formula is C20H21ClN2O4S. The maximum atomic E-state index is 12.9. The van der Waals surface area contributed by atoms with Gasteiger partial charge in [0.1, 0.15) is 4.90 Å². The first kappa shape index (κ1) is 20.5. The number of para-hydroxylation sites is 1. The molecule has 2 aromatic carbocycles. The van der Waals surface area contributed by atoms with Crippen LogP contribution in [0.3, 0.4) is 0 Å². The molecule has 1 N–H and O–H groups in total. The molecule has 1 aliphatic heterocycles. The van der Waals surface area contributed by atoms with Crippen molar-refractivity contribution in [3.05, 3.63) is 58.6 Å². The Balaban J connectivity index is 1.91. The zero-order chi connectivity index (χ0) is 20.3. The van der Waals surface area contributed by atoms with Gasteiger partial charge in [-0.15, -0.1) is 0 Å². The molecule has 148 valence electrons. The highest BCUT2D eigenvalue weighted by molar-refractivity contribution is 7.89. The van der Waals surface area contributed by atoms with Crippen LogP contribution in [0.5, 0.6) is 0 Å². The van der Waals surface area contributed by atoms with Crippen LogP contribution in [0.25, 0.3) is 0 Å². The third-order valence-corrected chi connectivity index (χ3v) is 7.06. The van der Waals surface area contributed by atoms with Crippen LogP contribution in [0.4, 0.5) is 5.69 Å². The first-order valence-corrected chi connectivity index (χ1v) is 10.8. The van der Waals surface area contributed by atoms with E-state index in [-0.39, 0.29) is 21.3 Å². The number of ketones is 1. The molecule has 3 rings (SSSR count). The van der Waals surface area contributed by atoms with Crippen molar-refractivity contribution in [2.45, 2.75) is 31.1 Å². The second kappa shape index (κ2) is 8.43. The summed E-state index contributed by atoms with van der Waals surface area (Å²) in [7, 11) is -3.78. The summed E-state index contributed by atoms with van der Waals surface area (Å²) >= 11 is 6.15. The summed E-state index contributed by atoms with van der Waals surface area (Å²) in [6, 6.07) is 10.8. The van der Waals surface area contributed by atoms with Crippen LogP contribution in [0.1, 0.15) is 46.9 Å². The quantitative estimate of drug-likeness (QED) is 0.742. The van der Waals surface area contributed by atoms with Gasteiger partial charge in [-0.25, -0.2) is 8.42 Å². The molecule has 0 bridgehead atoms. The van der Waals surface area contributed by atoms with Crippen LogP contribution in [-0.4, -0.2) is 37.5 Å². The lowest BCUT2D eigenvalue weighted by Gasteiger charge is -2.26. The van der Waals surface area contributed by atoms with Gasteiger partial charge in [0.05, 0.1) is 10.7 Å². The lowest BCUT2D eigenvalue weighted by molar-refractivity contribution is 0.101. The summed E-state index contributed by atoms with van der Waals surface area (Å²) in [4.78, 5) is 24.3. The second-order valence-electron chi connectivity index (χ2n) is 6.67. The normalized spacial score (nSPS) is 15.2. The molecule has 1 amide bonds. The first-order chi connectivity index (χ1) is 13.3. The molecule has 1 heterocycles. The number of nitrogens with one attached hydrogen (secondary N) is 1. The summed E-state index contributed by atoms with van der Waals surface area (Å²) < 4.78 is 27.3. The first-order valence-electron chi connectivity index (χ1n) is 9.02. The fourth-order valence-electron chi connectivity index (χ4n) is 3.18. The highest BCUT2D eigenvalue weighted by Gasteiger charge is 2.28. The van der Waals surface area contributed by atoms with E-state index in [0.29, 0.717) is 24.3 Å². The highest BCUT2D eigenvalue weighted by Crippen LogP contribution is 2.28. The van der Waals surface area contributed by atoms with E-state index < -0.39 is 15.9 Å². The number of rotatable bonds is 5. The van der Waals surface area contributed by atoms with Gasteiger partial charge in [0.2, 0.25) is 10.0 Å². The Morgan fingerprint density at radius 2 is 1.71 bits per heavy atom. The van der Waals surface area contributed by atoms with E-state index >= 15 is 0 Å². The average Bonchev–Trinajstić information content (AvgIpc) is 2.69. The molecular weight excluding hydrogens is 400 g/mol. The summed E-state index contributed by atoms with van der Waals surface area (Å²) in [5.41, 5.74) is 0.903. The van der Waals surface area contributed by atoms with Gasteiger partial charge in [-0.3, -0.25) is 9.59 Å². The number of amides is 1. The van der Waals surface area contributed by atoms with Crippen LogP contribution in [0.2, 0.25) is 5.02 Å². The standard InChI is InChI=1S/C20H21ClN2O4S/c1-14(24)16-7-3-4-8-18(16)22-20(25)15-9-10-17(21)19(13-15)28(26,27)23-11-5-2-6-12-23/h3-4,7-10,13H,2,5-6,11-12H2,1H3,(H,22,25). The number of nitrogens with zero attached hydrogens (tertiary/aromatic N) is 1. The van der Waals surface area contributed by atoms with Crippen molar-refractivity contribution < 1.29 is 18.0 Å². The molecule has 0 aliphatic carbocycles. The molecule has 8 heteroatoms. The zero-order valence-corrected chi connectivity index (χ0v) is 17.0. The number of piperidine rings is 1. The molecule has 1 aliphatic rings. The summed E-state index contributed by atoms with van der Waals surface area (Å²) in [6.07, 6.45) is 2.61. The number of halogens is 1. The molecule has 6 nitrogen and oxygen atoms in total. The highest BCUT2D eigenvalue weighted by atomic mass is 35.5. The van der Waals surface area contributed by atoms with E-state index in [0.717, 1.165) is 19.3 Å². The van der Waals surface area contributed by atoms with Gasteiger partial charge in [-0.05, 0) is 50.1 Å². The molecule has 0 spiro atoms. The molecule has 1 saturated heterocycles. The minimum absolute atomic E-state index is 0.0752. The zero-order valence-electron chi connectivity index (χ0n) is 15.4. The number of carbonyl (C=O) groups is 2. The number of benzene rings is 2. The monoisotopic (exact) mass is 420 g/mol. The predicted octanol–water partition coefficient (Wildman–Crippen LogP) is 3.97. The Morgan fingerprint density at radius 1 is 1.04 bits per heavy atom. The Labute approximate surface area is 169 Å². The van der Waals surface area contributed by atoms with Crippen LogP contribution in [0.15, 0.2) is 47.4 Å². The second-order valence-corrected chi connectivity index (χ2v) is 8.98. The van der Waals surface area contributed by atoms with Gasteiger partial charge < -0.3 is 5.32 Å². The third-order valence-electron chi connectivity index (χ3n) is 4.68. The lowest BCUT2D eigenvalue weighted by Crippen LogP contribution is -2.35. The summed E-state index contributed by atoms with van der Waals surface area (Å²) in [6.45, 7) is 2.30. The van der Waals surface area contributed by atoms with Crippen molar-refractivity contribution in [3.8, 4) is 0 Å². The minimum atomic E-state index is -3.78. The van der Waals surface area contributed by atoms with Gasteiger partial charge in [-0.2, -0.15) is 4.31 Å². The van der Waals surface area contributed by atoms with E-state index in [1.807, 2.05) is 0 Å². The summed E-state index contributed by atoms with van der Waals surface area (Å²) in [5, 5.41) is 2.75. The van der Waals surface area contributed by atoms with Gasteiger partial charge in [0.15, 0.2) is 5.78 Å². The van der Waals surface area contributed by atoms with Crippen LogP contribution in [-0.2, 0) is 10.0 Å². The molecule has 28 heavy (non-hydrogen) atoms. The van der Waals surface area contributed by atoms with Crippen LogP contribution >= 0.6 is 11.6 Å². The Morgan fingerprint density at radius 3 is 2.39 bits per heavy atom. The molecule has 1 fully saturated rings. The third kappa shape index (κ3) is 4.27. The van der Waals surface area contributed by atoms with Crippen molar-refractivity contribution >= 4 is 39.0 Å². The van der Waals surface area contributed by atoms with Crippen molar-refractivity contribution in [3.63, 3.8) is 0 Å². The minimum Gasteiger partial charge on any atom is -0.321 e. The van der Waals surface area contributed by atoms with Crippen molar-refractivity contribution in [2.75, 3.05) is 18.4 Å². The van der Waals surface area contributed by atoms with Crippen molar-refractivity contribution in [1.29, 1.82) is 0 Å². The number of sulfonamides is 1. The van der Waals surface area contributed by atoms with Crippen LogP contribution in [0, 0.1) is 0 Å². The van der Waals surface area contributed by atoms with E-state index in [1.165, 1.54) is 29.4 Å². The summed E-state index contributed by atoms with van der Waals surface area (Å²) in [5.74, 6) is -0.694. The van der Waals surface area contributed by atoms with Gasteiger partial charge in [0.25, 0.3) is 5.91 Å². The number of carbonyl (C=O) groups excluding carboxylic acids is 2. The van der Waals surface area contributed by atoms with Crippen molar-refractivity contribution in [1.82, 2.24) is 4.31 Å². The number of anilines is 1.